The summed E-state index contributed by atoms with van der Waals surface area (Å²) in [5.41, 5.74) is 12.0. The summed E-state index contributed by atoms with van der Waals surface area (Å²) in [5, 5.41) is 22.0. The maximum absolute atomic E-state index is 12.1. The Kier molecular flexibility index (Phi) is 6.27. The van der Waals surface area contributed by atoms with Gasteiger partial charge in [-0.3, -0.25) is 4.79 Å². The molecule has 0 heterocycles. The number of carbonyl (C=O) groups is 2. The van der Waals surface area contributed by atoms with E-state index in [0.29, 0.717) is 24.2 Å². The number of nitrogens with two attached hydrogens (primary N) is 2. The van der Waals surface area contributed by atoms with Crippen LogP contribution in [0.1, 0.15) is 71.6 Å². The van der Waals surface area contributed by atoms with Crippen LogP contribution in [-0.4, -0.2) is 53.1 Å². The number of nitrogens with one attached hydrogen (secondary N) is 1. The van der Waals surface area contributed by atoms with Gasteiger partial charge in [-0.25, -0.2) is 4.79 Å². The molecule has 0 spiro atoms. The van der Waals surface area contributed by atoms with E-state index >= 15 is 0 Å². The van der Waals surface area contributed by atoms with Crippen molar-refractivity contribution in [2.24, 2.45) is 46.0 Å². The lowest BCUT2D eigenvalue weighted by atomic mass is 9.42. The number of alkyl carbamates (subject to hydrolysis) is 1. The van der Waals surface area contributed by atoms with Gasteiger partial charge in [0.1, 0.15) is 6.10 Å². The number of aliphatic hydroxyl groups excluding tert-OH is 1. The molecule has 4 rings (SSSR count). The van der Waals surface area contributed by atoms with E-state index in [2.05, 4.69) is 19.2 Å². The predicted molar refractivity (Wildman–Crippen MR) is 120 cm³/mol. The van der Waals surface area contributed by atoms with Crippen LogP contribution in [0.25, 0.3) is 0 Å². The topological polar surface area (TPSA) is 148 Å². The Morgan fingerprint density at radius 2 is 1.84 bits per heavy atom. The van der Waals surface area contributed by atoms with E-state index < -0.39 is 23.7 Å². The molecule has 32 heavy (non-hydrogen) atoms. The van der Waals surface area contributed by atoms with E-state index in [1.54, 1.807) is 0 Å². The number of hydrogen-bond donors (Lipinski definition) is 5. The van der Waals surface area contributed by atoms with Crippen molar-refractivity contribution in [1.82, 2.24) is 5.32 Å². The van der Waals surface area contributed by atoms with Gasteiger partial charge in [-0.15, -0.1) is 0 Å². The second-order valence-electron chi connectivity index (χ2n) is 11.5. The third-order valence-electron chi connectivity index (χ3n) is 10.3. The average molecular weight is 452 g/mol. The zero-order valence-electron chi connectivity index (χ0n) is 19.5. The molecule has 0 radical (unpaired) electrons. The minimum atomic E-state index is -0.760. The lowest BCUT2D eigenvalue weighted by Gasteiger charge is -2.64. The zero-order valence-corrected chi connectivity index (χ0v) is 19.5. The van der Waals surface area contributed by atoms with Gasteiger partial charge in [0, 0.05) is 18.6 Å². The van der Waals surface area contributed by atoms with Crippen LogP contribution in [-0.2, 0) is 9.53 Å². The van der Waals surface area contributed by atoms with Crippen molar-refractivity contribution >= 4 is 12.1 Å². The number of carboxylic acids is 1. The molecule has 9 atom stereocenters. The van der Waals surface area contributed by atoms with Gasteiger partial charge in [0.2, 0.25) is 0 Å². The second kappa shape index (κ2) is 8.44. The van der Waals surface area contributed by atoms with E-state index in [4.69, 9.17) is 16.2 Å². The SMILES string of the molecule is C[C@]12CC[C@H](OC(=O)NCC(O)CN)C[C@H]1CC[C@@H]1[C@@H]2CC[C@]2(C)[C@@H](C(=O)O)CC[C@]12N. The third-order valence-corrected chi connectivity index (χ3v) is 10.3. The van der Waals surface area contributed by atoms with Crippen molar-refractivity contribution in [1.29, 1.82) is 0 Å². The minimum absolute atomic E-state index is 0.0988. The van der Waals surface area contributed by atoms with Crippen LogP contribution in [0.15, 0.2) is 0 Å². The van der Waals surface area contributed by atoms with Gasteiger partial charge in [0.05, 0.1) is 12.0 Å². The molecule has 7 N–H and O–H groups in total. The van der Waals surface area contributed by atoms with Crippen LogP contribution >= 0.6 is 0 Å². The highest BCUT2D eigenvalue weighted by Crippen LogP contribution is 2.68. The predicted octanol–water partition coefficient (Wildman–Crippen LogP) is 2.23. The van der Waals surface area contributed by atoms with Gasteiger partial charge in [-0.2, -0.15) is 0 Å². The Labute approximate surface area is 190 Å². The summed E-state index contributed by atoms with van der Waals surface area (Å²) in [5.74, 6) is 0.328. The molecule has 182 valence electrons. The molecular formula is C24H41N3O5. The van der Waals surface area contributed by atoms with Crippen LogP contribution in [0, 0.1) is 34.5 Å². The van der Waals surface area contributed by atoms with Gasteiger partial charge in [0.15, 0.2) is 0 Å². The molecule has 4 aliphatic rings. The van der Waals surface area contributed by atoms with Crippen molar-refractivity contribution < 1.29 is 24.5 Å². The lowest BCUT2D eigenvalue weighted by Crippen LogP contribution is -2.66. The fraction of sp³-hybridized carbons (Fsp3) is 0.917. The van der Waals surface area contributed by atoms with E-state index in [1.807, 2.05) is 0 Å². The van der Waals surface area contributed by atoms with E-state index in [-0.39, 0.29) is 35.9 Å². The minimum Gasteiger partial charge on any atom is -0.481 e. The number of carbonyl (C=O) groups excluding carboxylic acids is 1. The molecule has 0 aromatic rings. The molecule has 1 amide bonds. The number of carboxylic acid groups (broad SMARTS) is 1. The summed E-state index contributed by atoms with van der Waals surface area (Å²) in [6.45, 7) is 4.73. The maximum Gasteiger partial charge on any atom is 0.407 e. The molecular weight excluding hydrogens is 410 g/mol. The Balaban J connectivity index is 1.43. The summed E-state index contributed by atoms with van der Waals surface area (Å²) in [7, 11) is 0. The summed E-state index contributed by atoms with van der Waals surface area (Å²) in [6, 6.07) is 0. The first kappa shape index (κ1) is 23.8. The van der Waals surface area contributed by atoms with Crippen LogP contribution in [0.5, 0.6) is 0 Å². The highest BCUT2D eigenvalue weighted by molar-refractivity contribution is 5.72. The second-order valence-corrected chi connectivity index (χ2v) is 11.5. The Hall–Kier alpha value is -1.38. The van der Waals surface area contributed by atoms with Crippen LogP contribution in [0.2, 0.25) is 0 Å². The molecule has 8 heteroatoms. The average Bonchev–Trinajstić information content (AvgIpc) is 3.03. The van der Waals surface area contributed by atoms with E-state index in [0.717, 1.165) is 51.4 Å². The Morgan fingerprint density at radius 1 is 1.09 bits per heavy atom. The van der Waals surface area contributed by atoms with Crippen LogP contribution in [0.4, 0.5) is 4.79 Å². The highest BCUT2D eigenvalue weighted by Gasteiger charge is 2.67. The number of hydrogen-bond acceptors (Lipinski definition) is 6. The fourth-order valence-corrected chi connectivity index (χ4v) is 8.27. The van der Waals surface area contributed by atoms with Crippen LogP contribution in [0.3, 0.4) is 0 Å². The Bertz CT molecular complexity index is 749. The number of fused-ring (bicyclic) bond motifs is 5. The summed E-state index contributed by atoms with van der Waals surface area (Å²) in [4.78, 5) is 24.1. The normalized spacial score (nSPS) is 46.3. The number of ether oxygens (including phenoxy) is 1. The fourth-order valence-electron chi connectivity index (χ4n) is 8.27. The number of amides is 1. The molecule has 0 aliphatic heterocycles. The van der Waals surface area contributed by atoms with Gasteiger partial charge < -0.3 is 31.7 Å². The monoisotopic (exact) mass is 451 g/mol. The van der Waals surface area contributed by atoms with Crippen molar-refractivity contribution in [2.75, 3.05) is 13.1 Å². The van der Waals surface area contributed by atoms with Crippen molar-refractivity contribution in [3.8, 4) is 0 Å². The zero-order chi connectivity index (χ0) is 23.3. The number of aliphatic carboxylic acids is 1. The first-order chi connectivity index (χ1) is 15.0. The number of aliphatic hydroxyl groups is 1. The molecule has 4 saturated carbocycles. The molecule has 0 bridgehead atoms. The number of rotatable bonds is 5. The lowest BCUT2D eigenvalue weighted by molar-refractivity contribution is -0.157. The standard InChI is InChI=1S/C24H41N3O5/c1-22-8-5-16(32-21(31)27-13-15(28)12-25)11-14(22)3-4-18-17(22)6-9-23(2)19(20(29)30)7-10-24(18,23)26/h14-19,28H,3-13,25-26H2,1-2H3,(H,27,31)(H,29,30)/t14-,15?,16+,17+,18-,19-,22+,23-,24+/m1/s1. The molecule has 1 unspecified atom stereocenters. The van der Waals surface area contributed by atoms with Crippen molar-refractivity contribution in [3.63, 3.8) is 0 Å². The van der Waals surface area contributed by atoms with E-state index in [1.165, 1.54) is 0 Å². The summed E-state index contributed by atoms with van der Waals surface area (Å²) < 4.78 is 5.67. The molecule has 0 aromatic carbocycles. The molecule has 4 fully saturated rings. The summed E-state index contributed by atoms with van der Waals surface area (Å²) >= 11 is 0. The molecule has 0 saturated heterocycles. The third kappa shape index (κ3) is 3.62. The molecule has 4 aliphatic carbocycles. The largest absolute Gasteiger partial charge is 0.481 e. The smallest absolute Gasteiger partial charge is 0.407 e. The van der Waals surface area contributed by atoms with E-state index in [9.17, 15) is 19.8 Å². The first-order valence-corrected chi connectivity index (χ1v) is 12.4. The summed E-state index contributed by atoms with van der Waals surface area (Å²) in [6.07, 6.45) is 6.84. The van der Waals surface area contributed by atoms with Crippen LogP contribution < -0.4 is 16.8 Å². The maximum atomic E-state index is 12.1. The first-order valence-electron chi connectivity index (χ1n) is 12.4. The molecule has 0 aromatic heterocycles. The Morgan fingerprint density at radius 3 is 2.53 bits per heavy atom. The molecule has 8 nitrogen and oxygen atoms in total. The van der Waals surface area contributed by atoms with Gasteiger partial charge in [-0.1, -0.05) is 13.8 Å². The van der Waals surface area contributed by atoms with Gasteiger partial charge in [0.25, 0.3) is 0 Å². The highest BCUT2D eigenvalue weighted by atomic mass is 16.6. The van der Waals surface area contributed by atoms with Crippen molar-refractivity contribution in [3.05, 3.63) is 0 Å². The quantitative estimate of drug-likeness (QED) is 0.430. The van der Waals surface area contributed by atoms with Gasteiger partial charge in [-0.05, 0) is 86.4 Å². The van der Waals surface area contributed by atoms with Gasteiger partial charge >= 0.3 is 12.1 Å². The van der Waals surface area contributed by atoms with Crippen molar-refractivity contribution in [2.45, 2.75) is 89.4 Å².